The Bertz CT molecular complexity index is 1170. The molecular weight excluding hydrogens is 524 g/mol. The Kier molecular flexibility index (Phi) is 7.85. The average Bonchev–Trinajstić information content (AvgIpc) is 3.60. The van der Waals surface area contributed by atoms with E-state index in [0.717, 1.165) is 32.1 Å². The average molecular weight is 553 g/mol. The van der Waals surface area contributed by atoms with Crippen LogP contribution < -0.4 is 9.47 Å². The number of nitrogens with zero attached hydrogens (tertiary/aromatic N) is 2. The predicted octanol–water partition coefficient (Wildman–Crippen LogP) is 4.81. The fourth-order valence-corrected chi connectivity index (χ4v) is 6.75. The van der Waals surface area contributed by atoms with Gasteiger partial charge >= 0.3 is 11.9 Å². The highest BCUT2D eigenvalue weighted by atomic mass is 35.5. The monoisotopic (exact) mass is 552 g/mol. The Morgan fingerprint density at radius 1 is 1.19 bits per heavy atom. The third kappa shape index (κ3) is 5.55. The van der Waals surface area contributed by atoms with E-state index in [1.54, 1.807) is 23.6 Å². The molecule has 200 valence electrons. The first-order valence-corrected chi connectivity index (χ1v) is 13.6. The number of ether oxygens (including phenoxy) is 5. The number of carbonyl (C=O) groups is 2. The summed E-state index contributed by atoms with van der Waals surface area (Å²) in [7, 11) is 0. The third-order valence-electron chi connectivity index (χ3n) is 6.72. The highest BCUT2D eigenvalue weighted by Gasteiger charge is 2.40. The summed E-state index contributed by atoms with van der Waals surface area (Å²) in [6, 6.07) is 3.40. The van der Waals surface area contributed by atoms with Gasteiger partial charge < -0.3 is 33.4 Å². The van der Waals surface area contributed by atoms with E-state index in [-0.39, 0.29) is 31.4 Å². The van der Waals surface area contributed by atoms with Gasteiger partial charge in [0.25, 0.3) is 0 Å². The standard InChI is InChI=1S/C25H29ClN2O8S/c1-2-32-19(29)12-25(6-4-3-5-7-25)37-22-20(23(30)31)28(21(27-22)24-33-8-9-34-24)13-15-10-17-18(11-16(15)26)36-14-35-17/h10-11,24H,2-9,12-14H2,1H3,(H,30,31). The number of esters is 1. The lowest BCUT2D eigenvalue weighted by molar-refractivity contribution is -0.144. The highest BCUT2D eigenvalue weighted by molar-refractivity contribution is 8.00. The second kappa shape index (κ2) is 11.1. The van der Waals surface area contributed by atoms with Crippen molar-refractivity contribution in [2.75, 3.05) is 26.6 Å². The molecule has 12 heteroatoms. The molecule has 10 nitrogen and oxygen atoms in total. The summed E-state index contributed by atoms with van der Waals surface area (Å²) >= 11 is 7.88. The zero-order valence-electron chi connectivity index (χ0n) is 20.5. The van der Waals surface area contributed by atoms with E-state index < -0.39 is 17.0 Å². The number of carboxylic acids is 1. The van der Waals surface area contributed by atoms with Crippen molar-refractivity contribution >= 4 is 35.3 Å². The third-order valence-corrected chi connectivity index (χ3v) is 8.54. The van der Waals surface area contributed by atoms with Crippen LogP contribution in [0.5, 0.6) is 11.5 Å². The molecule has 0 bridgehead atoms. The van der Waals surface area contributed by atoms with Gasteiger partial charge in [-0.3, -0.25) is 4.79 Å². The number of hydrogen-bond acceptors (Lipinski definition) is 9. The van der Waals surface area contributed by atoms with Gasteiger partial charge in [0.1, 0.15) is 5.03 Å². The van der Waals surface area contributed by atoms with Gasteiger partial charge in [0, 0.05) is 15.8 Å². The van der Waals surface area contributed by atoms with Gasteiger partial charge in [-0.05, 0) is 31.4 Å². The maximum Gasteiger partial charge on any atom is 0.355 e. The molecule has 0 atom stereocenters. The number of benzene rings is 1. The Morgan fingerprint density at radius 2 is 1.89 bits per heavy atom. The number of carbonyl (C=O) groups excluding carboxylic acids is 1. The van der Waals surface area contributed by atoms with Gasteiger partial charge in [0.2, 0.25) is 13.1 Å². The summed E-state index contributed by atoms with van der Waals surface area (Å²) in [6.07, 6.45) is 3.88. The van der Waals surface area contributed by atoms with Crippen molar-refractivity contribution in [3.63, 3.8) is 0 Å². The van der Waals surface area contributed by atoms with Gasteiger partial charge in [-0.15, -0.1) is 0 Å². The molecule has 2 aliphatic heterocycles. The minimum atomic E-state index is -1.14. The van der Waals surface area contributed by atoms with Crippen LogP contribution in [0.15, 0.2) is 17.2 Å². The number of thioether (sulfide) groups is 1. The maximum atomic E-state index is 12.7. The normalized spacial score (nSPS) is 18.8. The van der Waals surface area contributed by atoms with Crippen molar-refractivity contribution in [1.29, 1.82) is 0 Å². The first-order chi connectivity index (χ1) is 17.9. The Balaban J connectivity index is 1.55. The van der Waals surface area contributed by atoms with Crippen LogP contribution >= 0.6 is 23.4 Å². The summed E-state index contributed by atoms with van der Waals surface area (Å²) in [5.74, 6) is -0.0130. The van der Waals surface area contributed by atoms with E-state index in [1.165, 1.54) is 11.8 Å². The van der Waals surface area contributed by atoms with Gasteiger partial charge in [-0.1, -0.05) is 42.6 Å². The first-order valence-electron chi connectivity index (χ1n) is 12.4. The van der Waals surface area contributed by atoms with Crippen LogP contribution in [0.25, 0.3) is 0 Å². The van der Waals surface area contributed by atoms with Crippen molar-refractivity contribution in [2.45, 2.75) is 68.1 Å². The Morgan fingerprint density at radius 3 is 2.57 bits per heavy atom. The van der Waals surface area contributed by atoms with E-state index in [0.29, 0.717) is 52.8 Å². The lowest BCUT2D eigenvalue weighted by atomic mass is 9.86. The number of fused-ring (bicyclic) bond motifs is 1. The van der Waals surface area contributed by atoms with Crippen molar-refractivity contribution < 1.29 is 38.4 Å². The van der Waals surface area contributed by atoms with Crippen LogP contribution in [0.1, 0.15) is 73.6 Å². The summed E-state index contributed by atoms with van der Waals surface area (Å²) in [5.41, 5.74) is 0.641. The summed E-state index contributed by atoms with van der Waals surface area (Å²) in [5, 5.41) is 11.1. The molecule has 5 rings (SSSR count). The Labute approximate surface area is 223 Å². The molecule has 3 aliphatic rings. The van der Waals surface area contributed by atoms with Crippen LogP contribution in [-0.4, -0.2) is 58.0 Å². The van der Waals surface area contributed by atoms with E-state index in [4.69, 9.17) is 40.3 Å². The topological polar surface area (TPSA) is 118 Å². The SMILES string of the molecule is CCOC(=O)CC1(Sc2nc(C3OCCO3)n(Cc3cc4c(cc3Cl)OCO4)c2C(=O)O)CCCCC1. The van der Waals surface area contributed by atoms with Gasteiger partial charge in [-0.2, -0.15) is 0 Å². The number of halogens is 1. The molecule has 2 fully saturated rings. The van der Waals surface area contributed by atoms with Crippen LogP contribution in [0.2, 0.25) is 5.02 Å². The summed E-state index contributed by atoms with van der Waals surface area (Å²) in [4.78, 5) is 30.0. The van der Waals surface area contributed by atoms with Gasteiger partial charge in [0.15, 0.2) is 23.0 Å². The molecule has 1 saturated carbocycles. The zero-order chi connectivity index (χ0) is 26.0. The number of aromatic nitrogens is 2. The fourth-order valence-electron chi connectivity index (χ4n) is 5.01. The predicted molar refractivity (Wildman–Crippen MR) is 133 cm³/mol. The van der Waals surface area contributed by atoms with Crippen molar-refractivity contribution in [1.82, 2.24) is 9.55 Å². The largest absolute Gasteiger partial charge is 0.476 e. The van der Waals surface area contributed by atoms with Crippen LogP contribution in [-0.2, 0) is 25.5 Å². The second-order valence-corrected chi connectivity index (χ2v) is 11.1. The molecule has 1 N–H and O–H groups in total. The second-order valence-electron chi connectivity index (χ2n) is 9.21. The minimum absolute atomic E-state index is 0.00152. The number of carboxylic acid groups (broad SMARTS) is 1. The summed E-state index contributed by atoms with van der Waals surface area (Å²) < 4.78 is 28.7. The number of rotatable bonds is 9. The molecule has 37 heavy (non-hydrogen) atoms. The number of imidazole rings is 1. The quantitative estimate of drug-likeness (QED) is 0.434. The number of aromatic carboxylic acids is 1. The molecule has 3 heterocycles. The number of hydrogen-bond donors (Lipinski definition) is 1. The van der Waals surface area contributed by atoms with Crippen LogP contribution in [0, 0.1) is 0 Å². The molecule has 0 spiro atoms. The van der Waals surface area contributed by atoms with E-state index in [9.17, 15) is 14.7 Å². The molecule has 0 unspecified atom stereocenters. The van der Waals surface area contributed by atoms with Gasteiger partial charge in [0.05, 0.1) is 32.8 Å². The van der Waals surface area contributed by atoms with E-state index >= 15 is 0 Å². The molecule has 0 amide bonds. The van der Waals surface area contributed by atoms with Gasteiger partial charge in [-0.25, -0.2) is 9.78 Å². The molecule has 0 radical (unpaired) electrons. The van der Waals surface area contributed by atoms with E-state index in [1.807, 2.05) is 0 Å². The van der Waals surface area contributed by atoms with Crippen LogP contribution in [0.3, 0.4) is 0 Å². The zero-order valence-corrected chi connectivity index (χ0v) is 22.1. The molecular formula is C25H29ClN2O8S. The smallest absolute Gasteiger partial charge is 0.355 e. The molecule has 1 saturated heterocycles. The van der Waals surface area contributed by atoms with Crippen LogP contribution in [0.4, 0.5) is 0 Å². The molecule has 2 aromatic rings. The maximum absolute atomic E-state index is 12.7. The molecule has 1 aromatic carbocycles. The fraction of sp³-hybridized carbons (Fsp3) is 0.560. The van der Waals surface area contributed by atoms with E-state index in [2.05, 4.69) is 0 Å². The lowest BCUT2D eigenvalue weighted by Crippen LogP contribution is -2.32. The van der Waals surface area contributed by atoms with Crippen molar-refractivity contribution in [3.8, 4) is 11.5 Å². The highest BCUT2D eigenvalue weighted by Crippen LogP contribution is 2.48. The minimum Gasteiger partial charge on any atom is -0.476 e. The molecule has 1 aliphatic carbocycles. The first kappa shape index (κ1) is 26.1. The molecule has 1 aromatic heterocycles. The summed E-state index contributed by atoms with van der Waals surface area (Å²) in [6.45, 7) is 3.02. The van der Waals surface area contributed by atoms with Crippen molar-refractivity contribution in [2.24, 2.45) is 0 Å². The Hall–Kier alpha value is -2.47. The van der Waals surface area contributed by atoms with Crippen molar-refractivity contribution in [3.05, 3.63) is 34.2 Å². The lowest BCUT2D eigenvalue weighted by Gasteiger charge is -2.35.